The van der Waals surface area contributed by atoms with Crippen molar-refractivity contribution in [1.82, 2.24) is 9.97 Å². The topological polar surface area (TPSA) is 93.3 Å². The van der Waals surface area contributed by atoms with Gasteiger partial charge in [0.2, 0.25) is 10.0 Å². The highest BCUT2D eigenvalue weighted by atomic mass is 32.2. The van der Waals surface area contributed by atoms with E-state index in [2.05, 4.69) is 20.8 Å². The van der Waals surface area contributed by atoms with Crippen molar-refractivity contribution in [1.29, 1.82) is 0 Å². The second-order valence-corrected chi connectivity index (χ2v) is 9.29. The summed E-state index contributed by atoms with van der Waals surface area (Å²) in [6.45, 7) is 1.13. The number of rotatable bonds is 5. The van der Waals surface area contributed by atoms with Crippen LogP contribution in [0.3, 0.4) is 0 Å². The van der Waals surface area contributed by atoms with Crippen LogP contribution >= 0.6 is 0 Å². The van der Waals surface area contributed by atoms with Gasteiger partial charge in [-0.25, -0.2) is 13.4 Å². The number of nitrogens with one attached hydrogen (secondary N) is 2. The Morgan fingerprint density at radius 1 is 1.03 bits per heavy atom. The summed E-state index contributed by atoms with van der Waals surface area (Å²) >= 11 is 0. The summed E-state index contributed by atoms with van der Waals surface area (Å²) in [7, 11) is -3.34. The first-order valence-electron chi connectivity index (χ1n) is 9.87. The predicted octanol–water partition coefficient (Wildman–Crippen LogP) is 3.96. The molecule has 8 heteroatoms. The zero-order valence-corrected chi connectivity index (χ0v) is 17.7. The van der Waals surface area contributed by atoms with Gasteiger partial charge < -0.3 is 14.5 Å². The number of anilines is 1. The van der Waals surface area contributed by atoms with Gasteiger partial charge in [-0.1, -0.05) is 18.2 Å². The van der Waals surface area contributed by atoms with Crippen LogP contribution in [0, 0.1) is 0 Å². The van der Waals surface area contributed by atoms with E-state index in [9.17, 15) is 8.42 Å². The Labute approximate surface area is 180 Å². The molecule has 0 bridgehead atoms. The number of H-pyrrole nitrogens is 1. The van der Waals surface area contributed by atoms with Crippen molar-refractivity contribution in [2.24, 2.45) is 0 Å². The average Bonchev–Trinajstić information content (AvgIpc) is 3.14. The molecule has 7 nitrogen and oxygen atoms in total. The van der Waals surface area contributed by atoms with Crippen molar-refractivity contribution in [3.63, 3.8) is 0 Å². The highest BCUT2D eigenvalue weighted by molar-refractivity contribution is 7.92. The van der Waals surface area contributed by atoms with E-state index < -0.39 is 10.0 Å². The Morgan fingerprint density at radius 2 is 1.87 bits per heavy atom. The minimum absolute atomic E-state index is 0.519. The summed E-state index contributed by atoms with van der Waals surface area (Å²) in [5, 5.41) is 1.02. The molecule has 0 spiro atoms. The van der Waals surface area contributed by atoms with Crippen LogP contribution in [0.4, 0.5) is 5.69 Å². The van der Waals surface area contributed by atoms with E-state index in [0.29, 0.717) is 18.9 Å². The second-order valence-electron chi connectivity index (χ2n) is 7.54. The molecule has 0 radical (unpaired) electrons. The predicted molar refractivity (Wildman–Crippen MR) is 120 cm³/mol. The lowest BCUT2D eigenvalue weighted by molar-refractivity contribution is 0.171. The van der Waals surface area contributed by atoms with E-state index in [-0.39, 0.29) is 0 Å². The normalized spacial score (nSPS) is 13.3. The molecule has 5 rings (SSSR count). The number of aromatic nitrogens is 2. The molecule has 2 aromatic carbocycles. The van der Waals surface area contributed by atoms with Crippen molar-refractivity contribution < 1.29 is 17.9 Å². The van der Waals surface area contributed by atoms with Crippen LogP contribution in [0.15, 0.2) is 60.9 Å². The highest BCUT2D eigenvalue weighted by Gasteiger charge is 2.14. The van der Waals surface area contributed by atoms with Crippen LogP contribution in [0.5, 0.6) is 11.5 Å². The van der Waals surface area contributed by atoms with Gasteiger partial charge in [0.05, 0.1) is 6.26 Å². The Hall–Kier alpha value is -3.52. The molecule has 2 N–H and O–H groups in total. The summed E-state index contributed by atoms with van der Waals surface area (Å²) in [6, 6.07) is 15.4. The van der Waals surface area contributed by atoms with E-state index in [1.54, 1.807) is 18.3 Å². The third-order valence-electron chi connectivity index (χ3n) is 5.12. The van der Waals surface area contributed by atoms with Crippen molar-refractivity contribution in [3.05, 3.63) is 72.1 Å². The molecule has 0 amide bonds. The van der Waals surface area contributed by atoms with E-state index >= 15 is 0 Å². The number of nitrogens with zero attached hydrogens (tertiary/aromatic N) is 1. The summed E-state index contributed by atoms with van der Waals surface area (Å²) in [6.07, 6.45) is 5.61. The van der Waals surface area contributed by atoms with Crippen LogP contribution in [0.2, 0.25) is 0 Å². The van der Waals surface area contributed by atoms with E-state index in [1.807, 2.05) is 36.5 Å². The molecule has 1 aliphatic heterocycles. The number of ether oxygens (including phenoxy) is 2. The lowest BCUT2D eigenvalue weighted by atomic mass is 10.0. The monoisotopic (exact) mass is 435 g/mol. The first kappa shape index (κ1) is 19.4. The quantitative estimate of drug-likeness (QED) is 0.495. The summed E-state index contributed by atoms with van der Waals surface area (Å²) in [5.74, 6) is 1.55. The maximum Gasteiger partial charge on any atom is 0.229 e. The van der Waals surface area contributed by atoms with Gasteiger partial charge >= 0.3 is 0 Å². The highest BCUT2D eigenvalue weighted by Crippen LogP contribution is 2.33. The molecule has 2 aromatic heterocycles. The number of hydrogen-bond donors (Lipinski definition) is 2. The van der Waals surface area contributed by atoms with Gasteiger partial charge in [0.1, 0.15) is 18.9 Å². The number of benzene rings is 2. The van der Waals surface area contributed by atoms with Crippen LogP contribution in [-0.2, 0) is 16.4 Å². The molecular weight excluding hydrogens is 414 g/mol. The van der Waals surface area contributed by atoms with Gasteiger partial charge in [0.15, 0.2) is 11.5 Å². The first-order valence-corrected chi connectivity index (χ1v) is 11.8. The maximum absolute atomic E-state index is 11.6. The van der Waals surface area contributed by atoms with E-state index in [0.717, 1.165) is 57.5 Å². The Balaban J connectivity index is 1.47. The van der Waals surface area contributed by atoms with E-state index in [1.165, 1.54) is 0 Å². The zero-order chi connectivity index (χ0) is 21.4. The van der Waals surface area contributed by atoms with Crippen molar-refractivity contribution >= 4 is 26.7 Å². The molecular formula is C23H21N3O4S. The molecule has 0 saturated heterocycles. The molecule has 31 heavy (non-hydrogen) atoms. The molecule has 158 valence electrons. The molecule has 0 fully saturated rings. The van der Waals surface area contributed by atoms with Gasteiger partial charge in [-0.15, -0.1) is 0 Å². The van der Waals surface area contributed by atoms with Gasteiger partial charge in [-0.2, -0.15) is 0 Å². The fourth-order valence-electron chi connectivity index (χ4n) is 3.76. The fraction of sp³-hybridized carbons (Fsp3) is 0.174. The Kier molecular flexibility index (Phi) is 4.78. The molecule has 3 heterocycles. The first-order chi connectivity index (χ1) is 14.9. The molecule has 0 aliphatic carbocycles. The standard InChI is InChI=1S/C23H21N3O4S/c1-31(27,28)26-19-4-2-3-16(11-19)17-12-20-18(14-25-23(20)24-13-17)9-15-5-6-21-22(10-15)30-8-7-29-21/h2-6,10-14,26H,7-9H2,1H3,(H,24,25). The smallest absolute Gasteiger partial charge is 0.229 e. The lowest BCUT2D eigenvalue weighted by Crippen LogP contribution is -2.15. The summed E-state index contributed by atoms with van der Waals surface area (Å²) < 4.78 is 36.9. The minimum atomic E-state index is -3.34. The third-order valence-corrected chi connectivity index (χ3v) is 5.72. The van der Waals surface area contributed by atoms with E-state index in [4.69, 9.17) is 9.47 Å². The van der Waals surface area contributed by atoms with Crippen LogP contribution < -0.4 is 14.2 Å². The third kappa shape index (κ3) is 4.20. The Morgan fingerprint density at radius 3 is 2.71 bits per heavy atom. The molecule has 0 atom stereocenters. The van der Waals surface area contributed by atoms with Crippen LogP contribution in [0.1, 0.15) is 11.1 Å². The maximum atomic E-state index is 11.6. The van der Waals surface area contributed by atoms with Crippen molar-refractivity contribution in [3.8, 4) is 22.6 Å². The van der Waals surface area contributed by atoms with Gasteiger partial charge in [-0.05, 0) is 53.4 Å². The Bertz CT molecular complexity index is 1380. The minimum Gasteiger partial charge on any atom is -0.486 e. The van der Waals surface area contributed by atoms with Gasteiger partial charge in [-0.3, -0.25) is 4.72 Å². The second kappa shape index (κ2) is 7.63. The number of sulfonamides is 1. The van der Waals surface area contributed by atoms with Gasteiger partial charge in [0, 0.05) is 29.0 Å². The number of hydrogen-bond acceptors (Lipinski definition) is 5. The number of pyridine rings is 1. The lowest BCUT2D eigenvalue weighted by Gasteiger charge is -2.18. The van der Waals surface area contributed by atoms with Gasteiger partial charge in [0.25, 0.3) is 0 Å². The molecule has 0 saturated carbocycles. The summed E-state index contributed by atoms with van der Waals surface area (Å²) in [5.41, 5.74) is 5.36. The fourth-order valence-corrected chi connectivity index (χ4v) is 4.31. The SMILES string of the molecule is CS(=O)(=O)Nc1cccc(-c2cnc3[nH]cc(Cc4ccc5c(c4)OCCO5)c3c2)c1. The molecule has 1 aliphatic rings. The van der Waals surface area contributed by atoms with Crippen LogP contribution in [0.25, 0.3) is 22.2 Å². The van der Waals surface area contributed by atoms with Crippen molar-refractivity contribution in [2.45, 2.75) is 6.42 Å². The molecule has 0 unspecified atom stereocenters. The average molecular weight is 436 g/mol. The van der Waals surface area contributed by atoms with Crippen LogP contribution in [-0.4, -0.2) is 37.9 Å². The number of aromatic amines is 1. The number of fused-ring (bicyclic) bond motifs is 2. The zero-order valence-electron chi connectivity index (χ0n) is 16.9. The molecule has 4 aromatic rings. The largest absolute Gasteiger partial charge is 0.486 e. The summed E-state index contributed by atoms with van der Waals surface area (Å²) in [4.78, 5) is 7.79. The van der Waals surface area contributed by atoms with Crippen molar-refractivity contribution in [2.75, 3.05) is 24.2 Å².